The molecular formula is C11H20N4O. The Morgan fingerprint density at radius 2 is 2.31 bits per heavy atom. The fourth-order valence-electron chi connectivity index (χ4n) is 1.54. The molecule has 0 spiro atoms. The molecule has 1 heterocycles. The molecule has 1 saturated carbocycles. The van der Waals surface area contributed by atoms with Gasteiger partial charge in [-0.25, -0.2) is 4.68 Å². The van der Waals surface area contributed by atoms with Gasteiger partial charge in [0.1, 0.15) is 0 Å². The van der Waals surface area contributed by atoms with E-state index in [1.54, 1.807) is 11.6 Å². The lowest BCUT2D eigenvalue weighted by Crippen LogP contribution is -2.19. The van der Waals surface area contributed by atoms with Gasteiger partial charge in [-0.2, -0.15) is 0 Å². The van der Waals surface area contributed by atoms with Gasteiger partial charge in [-0.05, 0) is 39.2 Å². The topological polar surface area (TPSA) is 63.0 Å². The van der Waals surface area contributed by atoms with Gasteiger partial charge >= 0.3 is 0 Å². The Balaban J connectivity index is 1.81. The average molecular weight is 224 g/mol. The number of rotatable bonds is 6. The number of aliphatic hydroxyl groups is 1. The number of hydrogen-bond acceptors (Lipinski definition) is 4. The summed E-state index contributed by atoms with van der Waals surface area (Å²) in [5, 5.41) is 20.9. The first-order valence-corrected chi connectivity index (χ1v) is 5.96. The van der Waals surface area contributed by atoms with E-state index in [1.807, 2.05) is 13.1 Å². The molecule has 1 aromatic rings. The van der Waals surface area contributed by atoms with Gasteiger partial charge in [-0.15, -0.1) is 5.10 Å². The first-order chi connectivity index (χ1) is 7.66. The Labute approximate surface area is 95.8 Å². The number of nitrogens with zero attached hydrogens (tertiary/aromatic N) is 3. The van der Waals surface area contributed by atoms with Crippen molar-refractivity contribution in [1.29, 1.82) is 0 Å². The third-order valence-electron chi connectivity index (χ3n) is 3.11. The summed E-state index contributed by atoms with van der Waals surface area (Å²) >= 11 is 0. The van der Waals surface area contributed by atoms with E-state index in [1.165, 1.54) is 12.8 Å². The zero-order valence-electron chi connectivity index (χ0n) is 9.93. The molecule has 1 fully saturated rings. The first-order valence-electron chi connectivity index (χ1n) is 5.96. The number of nitrogens with one attached hydrogen (secondary N) is 1. The molecule has 0 saturated heterocycles. The van der Waals surface area contributed by atoms with Crippen LogP contribution in [0.1, 0.15) is 38.4 Å². The van der Waals surface area contributed by atoms with Gasteiger partial charge in [0.25, 0.3) is 0 Å². The van der Waals surface area contributed by atoms with Crippen molar-refractivity contribution >= 4 is 0 Å². The van der Waals surface area contributed by atoms with Crippen LogP contribution in [-0.2, 0) is 6.54 Å². The second-order valence-corrected chi connectivity index (χ2v) is 4.75. The Kier molecular flexibility index (Phi) is 3.56. The van der Waals surface area contributed by atoms with Gasteiger partial charge in [0.15, 0.2) is 0 Å². The molecular weight excluding hydrogens is 204 g/mol. The maximum Gasteiger partial charge on any atom is 0.0964 e. The molecule has 90 valence electrons. The van der Waals surface area contributed by atoms with Crippen LogP contribution in [0, 0.1) is 5.92 Å². The molecule has 2 N–H and O–H groups in total. The summed E-state index contributed by atoms with van der Waals surface area (Å²) in [6.07, 6.45) is 4.21. The molecule has 0 aromatic carbocycles. The highest BCUT2D eigenvalue weighted by atomic mass is 16.3. The van der Waals surface area contributed by atoms with E-state index in [0.717, 1.165) is 24.7 Å². The maximum absolute atomic E-state index is 9.44. The van der Waals surface area contributed by atoms with Crippen LogP contribution in [0.25, 0.3) is 0 Å². The van der Waals surface area contributed by atoms with Crippen LogP contribution in [0.4, 0.5) is 0 Å². The van der Waals surface area contributed by atoms with Crippen LogP contribution >= 0.6 is 0 Å². The van der Waals surface area contributed by atoms with Crippen molar-refractivity contribution in [3.63, 3.8) is 0 Å². The van der Waals surface area contributed by atoms with E-state index in [-0.39, 0.29) is 6.04 Å². The lowest BCUT2D eigenvalue weighted by Gasteiger charge is -2.13. The van der Waals surface area contributed by atoms with E-state index in [2.05, 4.69) is 15.6 Å². The SMILES string of the molecule is CC(O)C(C)n1cc(CNCC2CC2)nn1. The summed E-state index contributed by atoms with van der Waals surface area (Å²) in [4.78, 5) is 0. The summed E-state index contributed by atoms with van der Waals surface area (Å²) in [5.74, 6) is 0.881. The molecule has 0 radical (unpaired) electrons. The molecule has 2 unspecified atom stereocenters. The summed E-state index contributed by atoms with van der Waals surface area (Å²) in [6.45, 7) is 5.54. The number of aromatic nitrogens is 3. The monoisotopic (exact) mass is 224 g/mol. The minimum absolute atomic E-state index is 0.0234. The largest absolute Gasteiger partial charge is 0.391 e. The molecule has 1 aliphatic rings. The maximum atomic E-state index is 9.44. The summed E-state index contributed by atoms with van der Waals surface area (Å²) in [7, 11) is 0. The van der Waals surface area contributed by atoms with Crippen LogP contribution in [0.2, 0.25) is 0 Å². The fourth-order valence-corrected chi connectivity index (χ4v) is 1.54. The van der Waals surface area contributed by atoms with Crippen molar-refractivity contribution in [2.45, 2.75) is 45.4 Å². The standard InChI is InChI=1S/C11H20N4O/c1-8(9(2)16)15-7-11(13-14-15)6-12-5-10-3-4-10/h7-10,12,16H,3-6H2,1-2H3. The van der Waals surface area contributed by atoms with Crippen molar-refractivity contribution in [3.05, 3.63) is 11.9 Å². The van der Waals surface area contributed by atoms with Crippen molar-refractivity contribution in [3.8, 4) is 0 Å². The predicted molar refractivity (Wildman–Crippen MR) is 60.8 cm³/mol. The van der Waals surface area contributed by atoms with Crippen LogP contribution in [0.5, 0.6) is 0 Å². The molecule has 2 atom stereocenters. The Morgan fingerprint density at radius 1 is 1.56 bits per heavy atom. The fraction of sp³-hybridized carbons (Fsp3) is 0.818. The average Bonchev–Trinajstić information content (AvgIpc) is 2.94. The quantitative estimate of drug-likeness (QED) is 0.747. The second-order valence-electron chi connectivity index (χ2n) is 4.75. The van der Waals surface area contributed by atoms with Crippen LogP contribution in [0.3, 0.4) is 0 Å². The second kappa shape index (κ2) is 4.93. The zero-order valence-corrected chi connectivity index (χ0v) is 9.93. The molecule has 1 aliphatic carbocycles. The highest BCUT2D eigenvalue weighted by Gasteiger charge is 2.20. The van der Waals surface area contributed by atoms with Gasteiger partial charge in [0, 0.05) is 6.54 Å². The predicted octanol–water partition coefficient (Wildman–Crippen LogP) is 0.719. The van der Waals surface area contributed by atoms with Crippen LogP contribution < -0.4 is 5.32 Å². The normalized spacial score (nSPS) is 19.7. The van der Waals surface area contributed by atoms with Crippen molar-refractivity contribution in [2.75, 3.05) is 6.54 Å². The summed E-state index contributed by atoms with van der Waals surface area (Å²) in [5.41, 5.74) is 0.938. The summed E-state index contributed by atoms with van der Waals surface area (Å²) in [6, 6.07) is -0.0234. The van der Waals surface area contributed by atoms with E-state index >= 15 is 0 Å². The minimum Gasteiger partial charge on any atom is -0.391 e. The van der Waals surface area contributed by atoms with Crippen molar-refractivity contribution in [1.82, 2.24) is 20.3 Å². The van der Waals surface area contributed by atoms with Crippen LogP contribution in [0.15, 0.2) is 6.20 Å². The van der Waals surface area contributed by atoms with E-state index < -0.39 is 6.10 Å². The Bertz CT molecular complexity index is 332. The Hall–Kier alpha value is -0.940. The third kappa shape index (κ3) is 3.02. The number of hydrogen-bond donors (Lipinski definition) is 2. The van der Waals surface area contributed by atoms with E-state index in [4.69, 9.17) is 0 Å². The molecule has 5 nitrogen and oxygen atoms in total. The highest BCUT2D eigenvalue weighted by Crippen LogP contribution is 2.27. The van der Waals surface area contributed by atoms with Gasteiger partial charge in [0.2, 0.25) is 0 Å². The summed E-state index contributed by atoms with van der Waals surface area (Å²) < 4.78 is 1.72. The van der Waals surface area contributed by atoms with E-state index in [0.29, 0.717) is 0 Å². The van der Waals surface area contributed by atoms with Gasteiger partial charge < -0.3 is 10.4 Å². The molecule has 2 rings (SSSR count). The van der Waals surface area contributed by atoms with Gasteiger partial charge in [-0.3, -0.25) is 0 Å². The Morgan fingerprint density at radius 3 is 2.94 bits per heavy atom. The molecule has 5 heteroatoms. The lowest BCUT2D eigenvalue weighted by molar-refractivity contribution is 0.131. The minimum atomic E-state index is -0.408. The smallest absolute Gasteiger partial charge is 0.0964 e. The van der Waals surface area contributed by atoms with Crippen molar-refractivity contribution < 1.29 is 5.11 Å². The van der Waals surface area contributed by atoms with Gasteiger partial charge in [0.05, 0.1) is 24.0 Å². The third-order valence-corrected chi connectivity index (χ3v) is 3.11. The molecule has 0 amide bonds. The molecule has 1 aromatic heterocycles. The first kappa shape index (κ1) is 11.5. The molecule has 0 aliphatic heterocycles. The highest BCUT2D eigenvalue weighted by molar-refractivity contribution is 4.93. The van der Waals surface area contributed by atoms with Crippen molar-refractivity contribution in [2.24, 2.45) is 5.92 Å². The zero-order chi connectivity index (χ0) is 11.5. The van der Waals surface area contributed by atoms with Gasteiger partial charge in [-0.1, -0.05) is 5.21 Å². The van der Waals surface area contributed by atoms with E-state index in [9.17, 15) is 5.11 Å². The number of aliphatic hydroxyl groups excluding tert-OH is 1. The van der Waals surface area contributed by atoms with Crippen LogP contribution in [-0.4, -0.2) is 32.7 Å². The molecule has 16 heavy (non-hydrogen) atoms. The lowest BCUT2D eigenvalue weighted by atomic mass is 10.2. The molecule has 0 bridgehead atoms.